The molecule has 48 heavy (non-hydrogen) atoms. The van der Waals surface area contributed by atoms with E-state index < -0.39 is 5.41 Å². The molecule has 5 heterocycles. The van der Waals surface area contributed by atoms with Gasteiger partial charge >= 0.3 is 0 Å². The summed E-state index contributed by atoms with van der Waals surface area (Å²) in [5.41, 5.74) is 7.25. The highest BCUT2D eigenvalue weighted by Crippen LogP contribution is 2.67. The number of carbonyl (C=O) groups is 2. The number of carbonyl (C=O) groups excluding carboxylic acids is 2. The van der Waals surface area contributed by atoms with Crippen molar-refractivity contribution in [1.82, 2.24) is 24.1 Å². The van der Waals surface area contributed by atoms with Crippen LogP contribution in [0.4, 0.5) is 0 Å². The lowest BCUT2D eigenvalue weighted by Gasteiger charge is -2.29. The van der Waals surface area contributed by atoms with E-state index in [1.54, 1.807) is 18.4 Å². The van der Waals surface area contributed by atoms with Gasteiger partial charge in [0, 0.05) is 59.0 Å². The highest BCUT2D eigenvalue weighted by molar-refractivity contribution is 7.99. The number of thiazole rings is 1. The molecule has 4 aromatic rings. The average Bonchev–Trinajstić information content (AvgIpc) is 3.26. The number of likely N-dealkylation sites (N-methyl/N-ethyl adjacent to an activating group) is 1. The average molecular weight is 682 g/mol. The second-order valence-corrected chi connectivity index (χ2v) is 17.1. The summed E-state index contributed by atoms with van der Waals surface area (Å²) < 4.78 is 12.3. The molecule has 0 spiro atoms. The Balaban J connectivity index is 1.19. The first kappa shape index (κ1) is 30.7. The highest BCUT2D eigenvalue weighted by Gasteiger charge is 2.66. The number of likely N-dealkylation sites (tertiary alicyclic amines) is 1. The van der Waals surface area contributed by atoms with Gasteiger partial charge in [-0.2, -0.15) is 0 Å². The summed E-state index contributed by atoms with van der Waals surface area (Å²) in [5.74, 6) is 1.63. The molecule has 250 valence electrons. The van der Waals surface area contributed by atoms with Crippen molar-refractivity contribution in [3.8, 4) is 17.0 Å². The van der Waals surface area contributed by atoms with E-state index >= 15 is 0 Å². The van der Waals surface area contributed by atoms with Crippen molar-refractivity contribution in [3.05, 3.63) is 63.8 Å². The summed E-state index contributed by atoms with van der Waals surface area (Å²) >= 11 is 2.94. The number of aryl methyl sites for hydroxylation is 2. The van der Waals surface area contributed by atoms with E-state index in [1.165, 1.54) is 71.8 Å². The third-order valence-corrected chi connectivity index (χ3v) is 14.2. The number of nitrogens with zero attached hydrogens (tertiary/aromatic N) is 4. The fourth-order valence-electron chi connectivity index (χ4n) is 9.67. The summed E-state index contributed by atoms with van der Waals surface area (Å²) in [7, 11) is 3.89. The monoisotopic (exact) mass is 681 g/mol. The van der Waals surface area contributed by atoms with Crippen LogP contribution in [0.1, 0.15) is 95.4 Å². The molecule has 2 aromatic carbocycles. The number of aromatic nitrogens is 2. The quantitative estimate of drug-likeness (QED) is 0.211. The molecule has 2 aromatic heterocycles. The smallest absolute Gasteiger partial charge is 0.261 e. The van der Waals surface area contributed by atoms with Crippen LogP contribution in [-0.4, -0.2) is 64.1 Å². The van der Waals surface area contributed by atoms with Crippen molar-refractivity contribution in [2.45, 2.75) is 100 Å². The third-order valence-electron chi connectivity index (χ3n) is 12.0. The van der Waals surface area contributed by atoms with E-state index in [2.05, 4.69) is 61.5 Å². The standard InChI is InChI=1S/C38H43N5O3S2/c1-21-36(47-22(2)39-21)48-40-35(44)24-10-13-28-31(16-24)42-20-38(37(45)43-25-11-15-32(43)41(3)19-25)18-30(38)29-17-26(46-4)12-14-27(29)34(42)33(28)23-8-6-5-7-9-23/h10,12-14,16-17,23,25,30,32H,5-9,11,15,18-20H2,1-4H3,(H,40,44). The third kappa shape index (κ3) is 4.62. The summed E-state index contributed by atoms with van der Waals surface area (Å²) in [6, 6.07) is 13.1. The number of benzene rings is 2. The first-order valence-electron chi connectivity index (χ1n) is 17.6. The number of methoxy groups -OCH3 is 1. The summed E-state index contributed by atoms with van der Waals surface area (Å²) in [6.45, 7) is 5.56. The van der Waals surface area contributed by atoms with Crippen LogP contribution in [0, 0.1) is 19.3 Å². The second-order valence-electron chi connectivity index (χ2n) is 14.8. The Labute approximate surface area is 290 Å². The van der Waals surface area contributed by atoms with Gasteiger partial charge in [-0.1, -0.05) is 25.3 Å². The zero-order valence-electron chi connectivity index (χ0n) is 28.2. The number of nitrogens with one attached hydrogen (secondary N) is 1. The minimum absolute atomic E-state index is 0.118. The molecule has 4 fully saturated rings. The van der Waals surface area contributed by atoms with E-state index in [4.69, 9.17) is 4.74 Å². The van der Waals surface area contributed by atoms with Crippen LogP contribution in [0.5, 0.6) is 5.75 Å². The molecule has 0 radical (unpaired) electrons. The number of fused-ring (bicyclic) bond motifs is 9. The Kier molecular flexibility index (Phi) is 7.26. The molecule has 1 N–H and O–H groups in total. The van der Waals surface area contributed by atoms with Gasteiger partial charge in [0.15, 0.2) is 0 Å². The van der Waals surface area contributed by atoms with Gasteiger partial charge in [-0.05, 0) is 100 Å². The normalized spacial score (nSPS) is 26.2. The number of ether oxygens (including phenoxy) is 1. The number of piperidine rings is 1. The molecule has 4 unspecified atom stereocenters. The topological polar surface area (TPSA) is 79.7 Å². The molecule has 2 bridgehead atoms. The molecule has 5 aliphatic rings. The van der Waals surface area contributed by atoms with Crippen LogP contribution in [-0.2, 0) is 11.3 Å². The molecule has 2 saturated heterocycles. The van der Waals surface area contributed by atoms with Gasteiger partial charge in [0.2, 0.25) is 5.91 Å². The fourth-order valence-corrected chi connectivity index (χ4v) is 11.5. The maximum Gasteiger partial charge on any atom is 0.261 e. The molecule has 2 saturated carbocycles. The van der Waals surface area contributed by atoms with E-state index in [0.717, 1.165) is 52.0 Å². The van der Waals surface area contributed by atoms with Gasteiger partial charge in [-0.3, -0.25) is 19.2 Å². The fraction of sp³-hybridized carbons (Fsp3) is 0.500. The number of hydrogen-bond donors (Lipinski definition) is 1. The minimum atomic E-state index is -0.510. The van der Waals surface area contributed by atoms with Crippen molar-refractivity contribution in [2.75, 3.05) is 20.7 Å². The Morgan fingerprint density at radius 3 is 2.60 bits per heavy atom. The first-order valence-corrected chi connectivity index (χ1v) is 19.2. The van der Waals surface area contributed by atoms with Crippen molar-refractivity contribution in [1.29, 1.82) is 0 Å². The van der Waals surface area contributed by atoms with Crippen molar-refractivity contribution >= 4 is 46.0 Å². The van der Waals surface area contributed by atoms with Gasteiger partial charge in [-0.15, -0.1) is 11.3 Å². The van der Waals surface area contributed by atoms with E-state index in [1.807, 2.05) is 19.9 Å². The van der Waals surface area contributed by atoms with Crippen LogP contribution in [0.25, 0.3) is 22.2 Å². The van der Waals surface area contributed by atoms with Crippen molar-refractivity contribution < 1.29 is 14.3 Å². The van der Waals surface area contributed by atoms with Crippen molar-refractivity contribution in [3.63, 3.8) is 0 Å². The molecule has 8 nitrogen and oxygen atoms in total. The summed E-state index contributed by atoms with van der Waals surface area (Å²) in [4.78, 5) is 37.8. The minimum Gasteiger partial charge on any atom is -0.497 e. The van der Waals surface area contributed by atoms with E-state index in [0.29, 0.717) is 30.0 Å². The van der Waals surface area contributed by atoms with Crippen LogP contribution >= 0.6 is 23.3 Å². The van der Waals surface area contributed by atoms with Gasteiger partial charge in [0.05, 0.1) is 35.1 Å². The SMILES string of the molecule is COc1ccc2c(c1)C1CC1(C(=O)N1C3CCC1N(C)C3)Cn1c-2c(C2CCCCC2)c2ccc(C(=O)NSc3sc(C)nc3C)cc21. The van der Waals surface area contributed by atoms with E-state index in [-0.39, 0.29) is 18.0 Å². The molecule has 2 amide bonds. The largest absolute Gasteiger partial charge is 0.497 e. The predicted octanol–water partition coefficient (Wildman–Crippen LogP) is 7.62. The molecular weight excluding hydrogens is 639 g/mol. The van der Waals surface area contributed by atoms with Gasteiger partial charge in [0.25, 0.3) is 5.91 Å². The van der Waals surface area contributed by atoms with Gasteiger partial charge in [0.1, 0.15) is 9.96 Å². The number of hydrogen-bond acceptors (Lipinski definition) is 7. The molecule has 4 atom stereocenters. The van der Waals surface area contributed by atoms with Crippen LogP contribution in [0.2, 0.25) is 0 Å². The Morgan fingerprint density at radius 1 is 1.06 bits per heavy atom. The molecule has 10 heteroatoms. The number of rotatable bonds is 6. The zero-order chi connectivity index (χ0) is 32.9. The lowest BCUT2D eigenvalue weighted by Crippen LogP contribution is -2.44. The molecule has 9 rings (SSSR count). The Hall–Kier alpha value is -3.34. The highest BCUT2D eigenvalue weighted by atomic mass is 32.2. The summed E-state index contributed by atoms with van der Waals surface area (Å²) in [6.07, 6.45) is 9.27. The molecular formula is C38H43N5O3S2. The zero-order valence-corrected chi connectivity index (χ0v) is 29.8. The van der Waals surface area contributed by atoms with Gasteiger partial charge in [-0.25, -0.2) is 4.98 Å². The van der Waals surface area contributed by atoms with Crippen molar-refractivity contribution in [2.24, 2.45) is 5.41 Å². The summed E-state index contributed by atoms with van der Waals surface area (Å²) in [5, 5.41) is 2.21. The van der Waals surface area contributed by atoms with Crippen LogP contribution in [0.15, 0.2) is 40.6 Å². The second kappa shape index (κ2) is 11.4. The lowest BCUT2D eigenvalue weighted by atomic mass is 9.81. The van der Waals surface area contributed by atoms with Crippen LogP contribution < -0.4 is 9.46 Å². The van der Waals surface area contributed by atoms with Gasteiger partial charge < -0.3 is 14.2 Å². The molecule has 3 aliphatic heterocycles. The number of amides is 2. The molecule has 2 aliphatic carbocycles. The predicted molar refractivity (Wildman–Crippen MR) is 191 cm³/mol. The first-order chi connectivity index (χ1) is 23.3. The van der Waals surface area contributed by atoms with E-state index in [9.17, 15) is 9.59 Å². The maximum absolute atomic E-state index is 14.9. The Bertz CT molecular complexity index is 1980. The lowest BCUT2D eigenvalue weighted by molar-refractivity contribution is -0.140. The van der Waals surface area contributed by atoms with Crippen LogP contribution in [0.3, 0.4) is 0 Å². The maximum atomic E-state index is 14.9. The Morgan fingerprint density at radius 2 is 1.90 bits per heavy atom.